The Labute approximate surface area is 153 Å². The number of rotatable bonds is 2. The lowest BCUT2D eigenvalue weighted by molar-refractivity contribution is -0.121. The lowest BCUT2D eigenvalue weighted by Gasteiger charge is -2.13. The van der Waals surface area contributed by atoms with Crippen LogP contribution < -0.4 is 9.70 Å². The predicted molar refractivity (Wildman–Crippen MR) is 98.9 cm³/mol. The number of aromatic nitrogens is 1. The second-order valence-corrected chi connectivity index (χ2v) is 7.01. The standard InChI is InChI=1S/C19H15N3O3S/c1-21-14-4-2-3-5-15(14)26-19(21)20-18(25)12-6-8-13(9-7-12)22-16(23)10-11-17(22)24/h2-9H,10-11H2,1H3. The van der Waals surface area contributed by atoms with Gasteiger partial charge < -0.3 is 4.57 Å². The molecular formula is C19H15N3O3S. The number of nitrogens with zero attached hydrogens (tertiary/aromatic N) is 3. The summed E-state index contributed by atoms with van der Waals surface area (Å²) in [5, 5.41) is 0. The molecule has 3 amide bonds. The van der Waals surface area contributed by atoms with Crippen molar-refractivity contribution in [1.82, 2.24) is 4.57 Å². The fourth-order valence-corrected chi connectivity index (χ4v) is 3.97. The Morgan fingerprint density at radius 3 is 2.31 bits per heavy atom. The number of para-hydroxylation sites is 1. The smallest absolute Gasteiger partial charge is 0.279 e. The predicted octanol–water partition coefficient (Wildman–Crippen LogP) is 2.63. The lowest BCUT2D eigenvalue weighted by Crippen LogP contribution is -2.28. The number of hydrogen-bond donors (Lipinski definition) is 0. The molecule has 1 fully saturated rings. The fraction of sp³-hybridized carbons (Fsp3) is 0.158. The molecule has 0 unspecified atom stereocenters. The third-order valence-electron chi connectivity index (χ3n) is 4.34. The van der Waals surface area contributed by atoms with E-state index < -0.39 is 0 Å². The van der Waals surface area contributed by atoms with E-state index in [2.05, 4.69) is 4.99 Å². The van der Waals surface area contributed by atoms with Crippen molar-refractivity contribution >= 4 is 45.0 Å². The lowest BCUT2D eigenvalue weighted by atomic mass is 10.2. The van der Waals surface area contributed by atoms with Crippen LogP contribution in [0, 0.1) is 0 Å². The van der Waals surface area contributed by atoms with Gasteiger partial charge in [0, 0.05) is 25.5 Å². The summed E-state index contributed by atoms with van der Waals surface area (Å²) in [6.45, 7) is 0. The van der Waals surface area contributed by atoms with Crippen molar-refractivity contribution in [2.75, 3.05) is 4.90 Å². The van der Waals surface area contributed by atoms with Crippen LogP contribution in [0.25, 0.3) is 10.2 Å². The molecule has 0 radical (unpaired) electrons. The molecule has 2 heterocycles. The van der Waals surface area contributed by atoms with E-state index in [0.29, 0.717) is 16.1 Å². The summed E-state index contributed by atoms with van der Waals surface area (Å²) in [6, 6.07) is 14.3. The van der Waals surface area contributed by atoms with Gasteiger partial charge in [0.25, 0.3) is 5.91 Å². The molecule has 1 aliphatic heterocycles. The number of thiazole rings is 1. The first kappa shape index (κ1) is 16.4. The van der Waals surface area contributed by atoms with Gasteiger partial charge in [0.05, 0.1) is 15.9 Å². The van der Waals surface area contributed by atoms with Crippen LogP contribution in [-0.4, -0.2) is 22.3 Å². The Morgan fingerprint density at radius 1 is 1.00 bits per heavy atom. The SMILES string of the molecule is Cn1c(=NC(=O)c2ccc(N3C(=O)CCC3=O)cc2)sc2ccccc21. The molecule has 0 atom stereocenters. The summed E-state index contributed by atoms with van der Waals surface area (Å²) < 4.78 is 2.94. The van der Waals surface area contributed by atoms with Crippen LogP contribution in [0.2, 0.25) is 0 Å². The van der Waals surface area contributed by atoms with Crippen LogP contribution in [0.4, 0.5) is 5.69 Å². The molecule has 6 nitrogen and oxygen atoms in total. The maximum atomic E-state index is 12.5. The molecule has 0 spiro atoms. The van der Waals surface area contributed by atoms with Crippen molar-refractivity contribution in [3.8, 4) is 0 Å². The van der Waals surface area contributed by atoms with Crippen molar-refractivity contribution in [3.05, 3.63) is 58.9 Å². The van der Waals surface area contributed by atoms with Crippen molar-refractivity contribution in [3.63, 3.8) is 0 Å². The minimum atomic E-state index is -0.363. The normalized spacial score (nSPS) is 15.3. The molecule has 4 rings (SSSR count). The number of imide groups is 1. The number of carbonyl (C=O) groups is 3. The first-order valence-corrected chi connectivity index (χ1v) is 8.96. The van der Waals surface area contributed by atoms with Crippen molar-refractivity contribution in [2.45, 2.75) is 12.8 Å². The topological polar surface area (TPSA) is 71.7 Å². The quantitative estimate of drug-likeness (QED) is 0.656. The molecule has 3 aromatic rings. The Morgan fingerprint density at radius 2 is 1.65 bits per heavy atom. The van der Waals surface area contributed by atoms with Crippen molar-refractivity contribution < 1.29 is 14.4 Å². The third-order valence-corrected chi connectivity index (χ3v) is 5.45. The maximum Gasteiger partial charge on any atom is 0.279 e. The van der Waals surface area contributed by atoms with Crippen molar-refractivity contribution in [2.24, 2.45) is 12.0 Å². The Bertz CT molecular complexity index is 1090. The van der Waals surface area contributed by atoms with Gasteiger partial charge >= 0.3 is 0 Å². The monoisotopic (exact) mass is 365 g/mol. The summed E-state index contributed by atoms with van der Waals surface area (Å²) in [5.74, 6) is -0.787. The number of amides is 3. The van der Waals surface area contributed by atoms with Crippen molar-refractivity contribution in [1.29, 1.82) is 0 Å². The average molecular weight is 365 g/mol. The van der Waals surface area contributed by atoms with E-state index in [1.165, 1.54) is 11.3 Å². The highest BCUT2D eigenvalue weighted by molar-refractivity contribution is 7.16. The molecular weight excluding hydrogens is 350 g/mol. The number of carbonyl (C=O) groups excluding carboxylic acids is 3. The summed E-state index contributed by atoms with van der Waals surface area (Å²) in [5.41, 5.74) is 1.91. The van der Waals surface area contributed by atoms with Gasteiger partial charge in [-0.2, -0.15) is 4.99 Å². The van der Waals surface area contributed by atoms with Gasteiger partial charge in [-0.05, 0) is 36.4 Å². The largest absolute Gasteiger partial charge is 0.319 e. The van der Waals surface area contributed by atoms with Crippen LogP contribution in [0.3, 0.4) is 0 Å². The summed E-state index contributed by atoms with van der Waals surface area (Å²) in [7, 11) is 1.87. The molecule has 0 bridgehead atoms. The summed E-state index contributed by atoms with van der Waals surface area (Å²) in [6.07, 6.45) is 0.467. The zero-order valence-corrected chi connectivity index (χ0v) is 14.8. The molecule has 0 saturated carbocycles. The second-order valence-electron chi connectivity index (χ2n) is 6.00. The van der Waals surface area contributed by atoms with E-state index >= 15 is 0 Å². The molecule has 1 aromatic heterocycles. The van der Waals surface area contributed by atoms with Gasteiger partial charge in [-0.3, -0.25) is 19.3 Å². The average Bonchev–Trinajstić information content (AvgIpc) is 3.15. The van der Waals surface area contributed by atoms with Crippen LogP contribution in [0.5, 0.6) is 0 Å². The van der Waals surface area contributed by atoms with Crippen LogP contribution >= 0.6 is 11.3 Å². The van der Waals surface area contributed by atoms with Crippen LogP contribution in [0.15, 0.2) is 53.5 Å². The maximum absolute atomic E-state index is 12.5. The number of hydrogen-bond acceptors (Lipinski definition) is 4. The van der Waals surface area contributed by atoms with Gasteiger partial charge in [-0.1, -0.05) is 23.5 Å². The Hall–Kier alpha value is -3.06. The van der Waals surface area contributed by atoms with E-state index in [4.69, 9.17) is 0 Å². The fourth-order valence-electron chi connectivity index (χ4n) is 2.96. The Balaban J connectivity index is 1.65. The van der Waals surface area contributed by atoms with Crippen LogP contribution in [-0.2, 0) is 16.6 Å². The molecule has 130 valence electrons. The molecule has 0 aliphatic carbocycles. The van der Waals surface area contributed by atoms with Gasteiger partial charge in [0.2, 0.25) is 11.8 Å². The van der Waals surface area contributed by atoms with E-state index in [1.54, 1.807) is 24.3 Å². The van der Waals surface area contributed by atoms with E-state index in [1.807, 2.05) is 35.9 Å². The van der Waals surface area contributed by atoms with Gasteiger partial charge in [0.15, 0.2) is 4.80 Å². The molecule has 26 heavy (non-hydrogen) atoms. The molecule has 2 aromatic carbocycles. The highest BCUT2D eigenvalue weighted by Crippen LogP contribution is 2.23. The molecule has 1 saturated heterocycles. The first-order valence-electron chi connectivity index (χ1n) is 8.14. The highest BCUT2D eigenvalue weighted by atomic mass is 32.1. The molecule has 7 heteroatoms. The van der Waals surface area contributed by atoms with E-state index in [9.17, 15) is 14.4 Å². The van der Waals surface area contributed by atoms with E-state index in [0.717, 1.165) is 15.1 Å². The zero-order valence-electron chi connectivity index (χ0n) is 14.0. The minimum absolute atomic E-state index is 0.212. The minimum Gasteiger partial charge on any atom is -0.319 e. The second kappa shape index (κ2) is 6.34. The van der Waals surface area contributed by atoms with Gasteiger partial charge in [0.1, 0.15) is 0 Å². The summed E-state index contributed by atoms with van der Waals surface area (Å²) in [4.78, 5) is 42.1. The van der Waals surface area contributed by atoms with Crippen LogP contribution in [0.1, 0.15) is 23.2 Å². The first-order chi connectivity index (χ1) is 12.5. The number of fused-ring (bicyclic) bond motifs is 1. The molecule has 0 N–H and O–H groups in total. The number of benzene rings is 2. The highest BCUT2D eigenvalue weighted by Gasteiger charge is 2.30. The third kappa shape index (κ3) is 2.76. The van der Waals surface area contributed by atoms with E-state index in [-0.39, 0.29) is 30.6 Å². The number of aryl methyl sites for hydroxylation is 1. The number of anilines is 1. The summed E-state index contributed by atoms with van der Waals surface area (Å²) >= 11 is 1.45. The molecule has 1 aliphatic rings. The van der Waals surface area contributed by atoms with Gasteiger partial charge in [-0.15, -0.1) is 0 Å². The Kier molecular flexibility index (Phi) is 4.00. The van der Waals surface area contributed by atoms with Gasteiger partial charge in [-0.25, -0.2) is 0 Å². The zero-order chi connectivity index (χ0) is 18.3.